The van der Waals surface area contributed by atoms with Gasteiger partial charge in [-0.2, -0.15) is 0 Å². The molecule has 0 unspecified atom stereocenters. The van der Waals surface area contributed by atoms with Crippen molar-refractivity contribution in [2.75, 3.05) is 7.11 Å². The number of nitrogens with one attached hydrogen (secondary N) is 1. The molecule has 0 bridgehead atoms. The van der Waals surface area contributed by atoms with Gasteiger partial charge in [0.05, 0.1) is 18.1 Å². The van der Waals surface area contributed by atoms with E-state index in [0.29, 0.717) is 11.3 Å². The monoisotopic (exact) mass is 341 g/mol. The number of halogens is 1. The third-order valence-electron chi connectivity index (χ3n) is 4.40. The van der Waals surface area contributed by atoms with Crippen LogP contribution in [0.3, 0.4) is 0 Å². The van der Waals surface area contributed by atoms with E-state index in [2.05, 4.69) is 10.3 Å². The third kappa shape index (κ3) is 3.07. The standard InChI is InChI=1S/C19H20FN3O2/c1-11-5-6-13(9-15(11)20)19(24)21-10-14-17(25-4)8-7-16-18(14)23(3)12(2)22-16/h5-9H,10H2,1-4H3,(H,21,24). The molecule has 0 saturated carbocycles. The minimum Gasteiger partial charge on any atom is -0.496 e. The summed E-state index contributed by atoms with van der Waals surface area (Å²) in [5, 5.41) is 2.84. The number of imidazole rings is 1. The molecule has 2 aromatic carbocycles. The fourth-order valence-electron chi connectivity index (χ4n) is 2.85. The lowest BCUT2D eigenvalue weighted by Gasteiger charge is -2.12. The Kier molecular flexibility index (Phi) is 4.44. The van der Waals surface area contributed by atoms with Gasteiger partial charge in [0, 0.05) is 24.7 Å². The molecule has 0 atom stereocenters. The number of aryl methyl sites for hydroxylation is 3. The molecule has 0 aliphatic carbocycles. The minimum absolute atomic E-state index is 0.258. The molecule has 1 aromatic heterocycles. The van der Waals surface area contributed by atoms with Crippen LogP contribution in [0.5, 0.6) is 5.75 Å². The van der Waals surface area contributed by atoms with E-state index in [-0.39, 0.29) is 18.0 Å². The van der Waals surface area contributed by atoms with Crippen LogP contribution < -0.4 is 10.1 Å². The van der Waals surface area contributed by atoms with Crippen LogP contribution in [0.25, 0.3) is 11.0 Å². The van der Waals surface area contributed by atoms with Gasteiger partial charge in [-0.15, -0.1) is 0 Å². The summed E-state index contributed by atoms with van der Waals surface area (Å²) >= 11 is 0. The van der Waals surface area contributed by atoms with Gasteiger partial charge in [-0.3, -0.25) is 4.79 Å². The van der Waals surface area contributed by atoms with Gasteiger partial charge in [0.25, 0.3) is 5.91 Å². The van der Waals surface area contributed by atoms with Gasteiger partial charge < -0.3 is 14.6 Å². The molecule has 0 aliphatic rings. The highest BCUT2D eigenvalue weighted by Crippen LogP contribution is 2.28. The zero-order chi connectivity index (χ0) is 18.1. The molecule has 1 N–H and O–H groups in total. The molecule has 5 nitrogen and oxygen atoms in total. The fraction of sp³-hybridized carbons (Fsp3) is 0.263. The zero-order valence-electron chi connectivity index (χ0n) is 14.7. The molecule has 0 fully saturated rings. The van der Waals surface area contributed by atoms with Gasteiger partial charge in [-0.1, -0.05) is 6.07 Å². The van der Waals surface area contributed by atoms with Crippen molar-refractivity contribution < 1.29 is 13.9 Å². The summed E-state index contributed by atoms with van der Waals surface area (Å²) in [5.74, 6) is 0.814. The van der Waals surface area contributed by atoms with Gasteiger partial charge >= 0.3 is 0 Å². The maximum atomic E-state index is 13.7. The summed E-state index contributed by atoms with van der Waals surface area (Å²) in [4.78, 5) is 16.9. The van der Waals surface area contributed by atoms with E-state index in [4.69, 9.17) is 4.74 Å². The number of fused-ring (bicyclic) bond motifs is 1. The molecule has 0 spiro atoms. The van der Waals surface area contributed by atoms with Crippen LogP contribution >= 0.6 is 0 Å². The van der Waals surface area contributed by atoms with Crippen LogP contribution in [0.4, 0.5) is 4.39 Å². The van der Waals surface area contributed by atoms with Crippen LogP contribution in [0, 0.1) is 19.7 Å². The normalized spacial score (nSPS) is 10.9. The summed E-state index contributed by atoms with van der Waals surface area (Å²) < 4.78 is 21.1. The van der Waals surface area contributed by atoms with Crippen molar-refractivity contribution in [2.45, 2.75) is 20.4 Å². The van der Waals surface area contributed by atoms with Crippen molar-refractivity contribution >= 4 is 16.9 Å². The summed E-state index contributed by atoms with van der Waals surface area (Å²) in [6, 6.07) is 8.18. The lowest BCUT2D eigenvalue weighted by Crippen LogP contribution is -2.23. The highest BCUT2D eigenvalue weighted by molar-refractivity contribution is 5.94. The van der Waals surface area contributed by atoms with Crippen molar-refractivity contribution in [2.24, 2.45) is 7.05 Å². The predicted molar refractivity (Wildman–Crippen MR) is 94.3 cm³/mol. The van der Waals surface area contributed by atoms with E-state index in [1.807, 2.05) is 30.7 Å². The van der Waals surface area contributed by atoms with Gasteiger partial charge in [-0.25, -0.2) is 9.37 Å². The van der Waals surface area contributed by atoms with E-state index < -0.39 is 5.82 Å². The Bertz CT molecular complexity index is 963. The Hall–Kier alpha value is -2.89. The number of methoxy groups -OCH3 is 1. The summed E-state index contributed by atoms with van der Waals surface area (Å²) in [5.41, 5.74) is 3.38. The average molecular weight is 341 g/mol. The number of aromatic nitrogens is 2. The van der Waals surface area contributed by atoms with Gasteiger partial charge in [0.15, 0.2) is 0 Å². The van der Waals surface area contributed by atoms with Gasteiger partial charge in [0.1, 0.15) is 17.4 Å². The number of carbonyl (C=O) groups excluding carboxylic acids is 1. The quantitative estimate of drug-likeness (QED) is 0.792. The van der Waals surface area contributed by atoms with E-state index in [1.165, 1.54) is 6.07 Å². The van der Waals surface area contributed by atoms with E-state index in [9.17, 15) is 9.18 Å². The highest BCUT2D eigenvalue weighted by atomic mass is 19.1. The second-order valence-electron chi connectivity index (χ2n) is 5.98. The van der Waals surface area contributed by atoms with Crippen LogP contribution in [0.1, 0.15) is 27.3 Å². The molecular weight excluding hydrogens is 321 g/mol. The topological polar surface area (TPSA) is 56.1 Å². The van der Waals surface area contributed by atoms with E-state index in [0.717, 1.165) is 22.4 Å². The molecule has 3 rings (SSSR count). The lowest BCUT2D eigenvalue weighted by molar-refractivity contribution is 0.0950. The summed E-state index contributed by atoms with van der Waals surface area (Å²) in [7, 11) is 3.51. The Morgan fingerprint density at radius 3 is 2.72 bits per heavy atom. The number of nitrogens with zero attached hydrogens (tertiary/aromatic N) is 2. The molecule has 3 aromatic rings. The molecule has 25 heavy (non-hydrogen) atoms. The average Bonchev–Trinajstić information content (AvgIpc) is 2.89. The van der Waals surface area contributed by atoms with Crippen LogP contribution in [-0.2, 0) is 13.6 Å². The lowest BCUT2D eigenvalue weighted by atomic mass is 10.1. The van der Waals surface area contributed by atoms with Crippen molar-refractivity contribution in [1.29, 1.82) is 0 Å². The zero-order valence-corrected chi connectivity index (χ0v) is 14.7. The van der Waals surface area contributed by atoms with Crippen molar-refractivity contribution in [1.82, 2.24) is 14.9 Å². The van der Waals surface area contributed by atoms with Crippen LogP contribution in [0.15, 0.2) is 30.3 Å². The molecule has 1 heterocycles. The predicted octanol–water partition coefficient (Wildman–Crippen LogP) is 3.27. The number of rotatable bonds is 4. The van der Waals surface area contributed by atoms with Gasteiger partial charge in [0.2, 0.25) is 0 Å². The Morgan fingerprint density at radius 1 is 1.28 bits per heavy atom. The van der Waals surface area contributed by atoms with Crippen molar-refractivity contribution in [3.8, 4) is 5.75 Å². The van der Waals surface area contributed by atoms with Crippen LogP contribution in [0.2, 0.25) is 0 Å². The van der Waals surface area contributed by atoms with E-state index in [1.54, 1.807) is 26.2 Å². The molecule has 6 heteroatoms. The number of hydrogen-bond donors (Lipinski definition) is 1. The van der Waals surface area contributed by atoms with Gasteiger partial charge in [-0.05, 0) is 43.7 Å². The first-order chi connectivity index (χ1) is 11.9. The Morgan fingerprint density at radius 2 is 2.04 bits per heavy atom. The Labute approximate surface area is 145 Å². The van der Waals surface area contributed by atoms with E-state index >= 15 is 0 Å². The number of benzene rings is 2. The number of amides is 1. The maximum Gasteiger partial charge on any atom is 0.251 e. The largest absolute Gasteiger partial charge is 0.496 e. The summed E-state index contributed by atoms with van der Waals surface area (Å²) in [6.07, 6.45) is 0. The molecule has 0 radical (unpaired) electrons. The first kappa shape index (κ1) is 17.0. The number of ether oxygens (including phenoxy) is 1. The molecule has 0 aliphatic heterocycles. The summed E-state index contributed by atoms with van der Waals surface area (Å²) in [6.45, 7) is 3.84. The number of carbonyl (C=O) groups is 1. The fourth-order valence-corrected chi connectivity index (χ4v) is 2.85. The second-order valence-corrected chi connectivity index (χ2v) is 5.98. The Balaban J connectivity index is 1.92. The number of hydrogen-bond acceptors (Lipinski definition) is 3. The molecule has 130 valence electrons. The maximum absolute atomic E-state index is 13.7. The van der Waals surface area contributed by atoms with Crippen molar-refractivity contribution in [3.05, 3.63) is 58.7 Å². The third-order valence-corrected chi connectivity index (χ3v) is 4.40. The smallest absolute Gasteiger partial charge is 0.251 e. The first-order valence-electron chi connectivity index (χ1n) is 7.95. The molecular formula is C19H20FN3O2. The molecule has 0 saturated heterocycles. The van der Waals surface area contributed by atoms with Crippen LogP contribution in [-0.4, -0.2) is 22.6 Å². The van der Waals surface area contributed by atoms with Crippen molar-refractivity contribution in [3.63, 3.8) is 0 Å². The second kappa shape index (κ2) is 6.55. The SMILES string of the molecule is COc1ccc2nc(C)n(C)c2c1CNC(=O)c1ccc(C)c(F)c1. The first-order valence-corrected chi connectivity index (χ1v) is 7.95. The highest BCUT2D eigenvalue weighted by Gasteiger charge is 2.16. The minimum atomic E-state index is -0.394. The molecule has 1 amide bonds.